The molecule has 192 valence electrons. The Morgan fingerprint density at radius 3 is 2.81 bits per heavy atom. The second-order valence-electron chi connectivity index (χ2n) is 12.2. The number of methoxy groups -OCH3 is 1. The smallest absolute Gasteiger partial charge is 0.226 e. The normalized spacial score (nSPS) is 38.2. The molecule has 2 saturated carbocycles. The van der Waals surface area contributed by atoms with Crippen LogP contribution in [0.25, 0.3) is 0 Å². The minimum atomic E-state index is -1.37. The van der Waals surface area contributed by atoms with Gasteiger partial charge in [0.15, 0.2) is 11.5 Å². The van der Waals surface area contributed by atoms with Crippen LogP contribution in [0.15, 0.2) is 54.6 Å². The van der Waals surface area contributed by atoms with Gasteiger partial charge < -0.3 is 19.9 Å². The molecule has 7 aliphatic rings. The number of likely N-dealkylation sites (tertiary alicyclic amines) is 1. The number of carbonyl (C=O) groups is 1. The fraction of sp³-hybridized carbons (Fsp3) is 0.516. The Labute approximate surface area is 217 Å². The van der Waals surface area contributed by atoms with Crippen LogP contribution in [-0.4, -0.2) is 53.9 Å². The molecule has 6 atom stereocenters. The lowest BCUT2D eigenvalue weighted by Gasteiger charge is -2.70. The number of carbonyl (C=O) groups excluding carboxylic acids is 1. The zero-order valence-electron chi connectivity index (χ0n) is 21.3. The molecule has 2 N–H and O–H groups in total. The van der Waals surface area contributed by atoms with Gasteiger partial charge in [-0.3, -0.25) is 9.69 Å². The number of benzene rings is 2. The molecule has 1 saturated heterocycles. The van der Waals surface area contributed by atoms with Crippen molar-refractivity contribution in [3.63, 3.8) is 0 Å². The Hall–Kier alpha value is -2.83. The molecule has 2 heterocycles. The van der Waals surface area contributed by atoms with Crippen molar-refractivity contribution in [3.05, 3.63) is 71.3 Å². The molecule has 5 aliphatic carbocycles. The van der Waals surface area contributed by atoms with Gasteiger partial charge in [-0.05, 0) is 61.8 Å². The van der Waals surface area contributed by atoms with Gasteiger partial charge in [0.1, 0.15) is 11.7 Å². The third kappa shape index (κ3) is 2.70. The summed E-state index contributed by atoms with van der Waals surface area (Å²) in [6.45, 7) is 2.60. The molecular weight excluding hydrogens is 464 g/mol. The molecule has 1 amide bonds. The average Bonchev–Trinajstić information content (AvgIpc) is 3.66. The predicted molar refractivity (Wildman–Crippen MR) is 138 cm³/mol. The lowest BCUT2D eigenvalue weighted by atomic mass is 9.37. The highest BCUT2D eigenvalue weighted by Crippen LogP contribution is 2.74. The summed E-state index contributed by atoms with van der Waals surface area (Å²) >= 11 is 0. The van der Waals surface area contributed by atoms with Crippen molar-refractivity contribution in [1.29, 1.82) is 0 Å². The van der Waals surface area contributed by atoms with E-state index >= 15 is 0 Å². The third-order valence-corrected chi connectivity index (χ3v) is 10.6. The van der Waals surface area contributed by atoms with E-state index in [1.807, 2.05) is 42.5 Å². The molecule has 0 radical (unpaired) electrons. The summed E-state index contributed by atoms with van der Waals surface area (Å²) in [5, 5.41) is 15.5. The number of piperidine rings is 1. The number of fused-ring (bicyclic) bond motifs is 1. The number of rotatable bonds is 6. The lowest BCUT2D eigenvalue weighted by Crippen LogP contribution is -2.79. The predicted octanol–water partition coefficient (Wildman–Crippen LogP) is 3.36. The Morgan fingerprint density at radius 2 is 2.03 bits per heavy atom. The van der Waals surface area contributed by atoms with E-state index in [1.165, 1.54) is 24.0 Å². The van der Waals surface area contributed by atoms with Gasteiger partial charge in [-0.2, -0.15) is 0 Å². The maximum absolute atomic E-state index is 13.8. The van der Waals surface area contributed by atoms with E-state index in [0.29, 0.717) is 19.0 Å². The Morgan fingerprint density at radius 1 is 1.19 bits per heavy atom. The third-order valence-electron chi connectivity index (χ3n) is 10.6. The van der Waals surface area contributed by atoms with Gasteiger partial charge in [0, 0.05) is 30.1 Å². The van der Waals surface area contributed by atoms with Gasteiger partial charge in [-0.25, -0.2) is 0 Å². The molecule has 2 spiro atoms. The van der Waals surface area contributed by atoms with Gasteiger partial charge in [0.05, 0.1) is 18.4 Å². The number of ether oxygens (including phenoxy) is 2. The van der Waals surface area contributed by atoms with Crippen molar-refractivity contribution in [3.8, 4) is 11.5 Å². The Bertz CT molecular complexity index is 1320. The van der Waals surface area contributed by atoms with Crippen LogP contribution in [0.2, 0.25) is 0 Å². The fourth-order valence-corrected chi connectivity index (χ4v) is 8.84. The zero-order valence-corrected chi connectivity index (χ0v) is 21.3. The van der Waals surface area contributed by atoms with Crippen molar-refractivity contribution in [2.45, 2.75) is 61.8 Å². The standard InChI is InChI=1S/C31H34N2O4/c1-36-23-10-9-21-15-24-29-11-12-31(35,22(16-29)27(34)32-17-19-5-3-2-4-6-19)28-30(29,25(21)26(23)37-28)13-14-33(24)18-20-7-8-20/h2-6,9-12,20,22,24,28,35H,7-8,13-18H2,1H3,(H,32,34)/t22-,24-,28-,29-,30+,31-/m1/s1. The van der Waals surface area contributed by atoms with Crippen LogP contribution < -0.4 is 14.8 Å². The highest BCUT2D eigenvalue weighted by atomic mass is 16.5. The van der Waals surface area contributed by atoms with Crippen molar-refractivity contribution in [2.24, 2.45) is 17.3 Å². The molecule has 9 rings (SSSR count). The highest BCUT2D eigenvalue weighted by Gasteiger charge is 2.79. The van der Waals surface area contributed by atoms with E-state index < -0.39 is 17.6 Å². The summed E-state index contributed by atoms with van der Waals surface area (Å²) in [6, 6.07) is 14.5. The molecule has 6 nitrogen and oxygen atoms in total. The minimum absolute atomic E-state index is 0.0888. The first-order chi connectivity index (χ1) is 18.0. The largest absolute Gasteiger partial charge is 0.493 e. The topological polar surface area (TPSA) is 71.0 Å². The summed E-state index contributed by atoms with van der Waals surface area (Å²) < 4.78 is 12.5. The van der Waals surface area contributed by atoms with Crippen molar-refractivity contribution in [1.82, 2.24) is 10.2 Å². The van der Waals surface area contributed by atoms with Crippen LogP contribution >= 0.6 is 0 Å². The van der Waals surface area contributed by atoms with Crippen LogP contribution in [0.3, 0.4) is 0 Å². The molecular formula is C31H34N2O4. The van der Waals surface area contributed by atoms with Gasteiger partial charge in [0.2, 0.25) is 5.91 Å². The lowest BCUT2D eigenvalue weighted by molar-refractivity contribution is -0.206. The van der Waals surface area contributed by atoms with Crippen LogP contribution in [-0.2, 0) is 23.2 Å². The molecule has 37 heavy (non-hydrogen) atoms. The Balaban J connectivity index is 1.24. The Kier molecular flexibility index (Phi) is 4.43. The fourth-order valence-electron chi connectivity index (χ4n) is 8.84. The minimum Gasteiger partial charge on any atom is -0.493 e. The second kappa shape index (κ2) is 7.39. The molecule has 0 aromatic heterocycles. The van der Waals surface area contributed by atoms with Crippen LogP contribution in [0.4, 0.5) is 0 Å². The number of nitrogens with zero attached hydrogens (tertiary/aromatic N) is 1. The summed E-state index contributed by atoms with van der Waals surface area (Å²) in [4.78, 5) is 16.5. The first-order valence-corrected chi connectivity index (χ1v) is 13.9. The van der Waals surface area contributed by atoms with Gasteiger partial charge >= 0.3 is 0 Å². The number of hydrogen-bond donors (Lipinski definition) is 2. The maximum atomic E-state index is 13.8. The van der Waals surface area contributed by atoms with E-state index in [4.69, 9.17) is 9.47 Å². The van der Waals surface area contributed by atoms with Gasteiger partial charge in [-0.1, -0.05) is 48.6 Å². The van der Waals surface area contributed by atoms with Crippen LogP contribution in [0.5, 0.6) is 11.5 Å². The zero-order chi connectivity index (χ0) is 25.0. The second-order valence-corrected chi connectivity index (χ2v) is 12.2. The highest BCUT2D eigenvalue weighted by molar-refractivity contribution is 5.82. The quantitative estimate of drug-likeness (QED) is 0.598. The van der Waals surface area contributed by atoms with Gasteiger partial charge in [-0.15, -0.1) is 0 Å². The molecule has 0 unspecified atom stereocenters. The molecule has 4 bridgehead atoms. The maximum Gasteiger partial charge on any atom is 0.226 e. The molecule has 2 aromatic carbocycles. The molecule has 6 heteroatoms. The molecule has 3 fully saturated rings. The van der Waals surface area contributed by atoms with Crippen LogP contribution in [0.1, 0.15) is 42.4 Å². The van der Waals surface area contributed by atoms with Gasteiger partial charge in [0.25, 0.3) is 0 Å². The van der Waals surface area contributed by atoms with E-state index in [1.54, 1.807) is 7.11 Å². The average molecular weight is 499 g/mol. The first-order valence-electron chi connectivity index (χ1n) is 13.9. The van der Waals surface area contributed by atoms with Crippen molar-refractivity contribution < 1.29 is 19.4 Å². The SMILES string of the molecule is COc1ccc2c3c1O[C@H]1[C@@]4(O)C=C[C@@]5(C[C@@H]4C(=O)NCc4ccccc4)[C@@H](C2)N(CC2CC2)CC[C@]315. The van der Waals surface area contributed by atoms with E-state index in [0.717, 1.165) is 48.9 Å². The van der Waals surface area contributed by atoms with Crippen LogP contribution in [0, 0.1) is 17.3 Å². The molecule has 2 aliphatic heterocycles. The summed E-state index contributed by atoms with van der Waals surface area (Å²) in [6.07, 6.45) is 8.90. The summed E-state index contributed by atoms with van der Waals surface area (Å²) in [5.74, 6) is 1.66. The van der Waals surface area contributed by atoms with Crippen molar-refractivity contribution in [2.75, 3.05) is 20.2 Å². The summed E-state index contributed by atoms with van der Waals surface area (Å²) in [7, 11) is 1.68. The van der Waals surface area contributed by atoms with E-state index in [-0.39, 0.29) is 16.7 Å². The summed E-state index contributed by atoms with van der Waals surface area (Å²) in [5.41, 5.74) is 1.65. The number of amides is 1. The van der Waals surface area contributed by atoms with E-state index in [2.05, 4.69) is 22.4 Å². The number of hydrogen-bond acceptors (Lipinski definition) is 5. The first kappa shape index (κ1) is 22.2. The monoisotopic (exact) mass is 498 g/mol. The molecule has 2 aromatic rings. The van der Waals surface area contributed by atoms with E-state index in [9.17, 15) is 9.90 Å². The number of aliphatic hydroxyl groups is 1. The number of nitrogens with one attached hydrogen (secondary N) is 1. The van der Waals surface area contributed by atoms with Crippen molar-refractivity contribution >= 4 is 5.91 Å².